The molecule has 0 aliphatic heterocycles. The zero-order chi connectivity index (χ0) is 18.8. The third kappa shape index (κ3) is 3.63. The van der Waals surface area contributed by atoms with Crippen molar-refractivity contribution in [1.82, 2.24) is 19.7 Å². The van der Waals surface area contributed by atoms with Gasteiger partial charge in [-0.2, -0.15) is 5.10 Å². The van der Waals surface area contributed by atoms with Crippen LogP contribution in [0.25, 0.3) is 16.7 Å². The van der Waals surface area contributed by atoms with E-state index in [2.05, 4.69) is 31.0 Å². The summed E-state index contributed by atoms with van der Waals surface area (Å²) in [5.74, 6) is 1.36. The number of hydrogen-bond acceptors (Lipinski definition) is 5. The second-order valence-corrected chi connectivity index (χ2v) is 7.63. The van der Waals surface area contributed by atoms with Crippen LogP contribution < -0.4 is 10.3 Å². The highest BCUT2D eigenvalue weighted by molar-refractivity contribution is 9.10. The molecule has 0 spiro atoms. The van der Waals surface area contributed by atoms with Gasteiger partial charge in [0, 0.05) is 10.2 Å². The number of para-hydroxylation sites is 2. The Hall–Kier alpha value is -2.58. The van der Waals surface area contributed by atoms with Crippen LogP contribution in [0.1, 0.15) is 5.56 Å². The van der Waals surface area contributed by atoms with Crippen LogP contribution in [0.15, 0.2) is 69.2 Å². The average molecular weight is 443 g/mol. The van der Waals surface area contributed by atoms with Crippen LogP contribution in [0, 0.1) is 0 Å². The summed E-state index contributed by atoms with van der Waals surface area (Å²) >= 11 is 4.90. The van der Waals surface area contributed by atoms with Gasteiger partial charge in [-0.15, -0.1) is 0 Å². The van der Waals surface area contributed by atoms with Crippen molar-refractivity contribution in [2.24, 2.45) is 0 Å². The third-order valence-electron chi connectivity index (χ3n) is 4.02. The summed E-state index contributed by atoms with van der Waals surface area (Å²) < 4.78 is 8.07. The number of thioether (sulfide) groups is 1. The quantitative estimate of drug-likeness (QED) is 0.370. The summed E-state index contributed by atoms with van der Waals surface area (Å²) in [4.78, 5) is 19.9. The molecule has 2 aromatic carbocycles. The monoisotopic (exact) mass is 442 g/mol. The first kappa shape index (κ1) is 17.8. The second-order valence-electron chi connectivity index (χ2n) is 5.75. The van der Waals surface area contributed by atoms with Crippen LogP contribution in [0.3, 0.4) is 0 Å². The van der Waals surface area contributed by atoms with Crippen molar-refractivity contribution in [3.05, 3.63) is 75.1 Å². The van der Waals surface area contributed by atoms with Crippen LogP contribution in [-0.4, -0.2) is 26.9 Å². The van der Waals surface area contributed by atoms with Crippen LogP contribution >= 0.6 is 27.7 Å². The molecule has 0 unspecified atom stereocenters. The molecule has 4 rings (SSSR count). The molecule has 6 nitrogen and oxygen atoms in total. The second kappa shape index (κ2) is 7.58. The number of nitrogens with one attached hydrogen (secondary N) is 1. The minimum atomic E-state index is -0.209. The molecule has 27 heavy (non-hydrogen) atoms. The average Bonchev–Trinajstić information content (AvgIpc) is 3.12. The zero-order valence-corrected chi connectivity index (χ0v) is 16.8. The first-order chi connectivity index (χ1) is 13.2. The number of methoxy groups -OCH3 is 1. The third-order valence-corrected chi connectivity index (χ3v) is 5.49. The molecule has 0 fully saturated rings. The molecule has 2 aromatic heterocycles. The van der Waals surface area contributed by atoms with Gasteiger partial charge in [0.2, 0.25) is 0 Å². The molecule has 0 aliphatic carbocycles. The summed E-state index contributed by atoms with van der Waals surface area (Å²) in [6.07, 6.45) is 1.52. The molecule has 1 N–H and O–H groups in total. The maximum atomic E-state index is 12.5. The fraction of sp³-hybridized carbons (Fsp3) is 0.105. The Bertz CT molecular complexity index is 1150. The molecule has 0 amide bonds. The number of aromatic amines is 1. The molecule has 136 valence electrons. The van der Waals surface area contributed by atoms with E-state index < -0.39 is 0 Å². The lowest BCUT2D eigenvalue weighted by atomic mass is 10.2. The van der Waals surface area contributed by atoms with E-state index in [4.69, 9.17) is 4.74 Å². The predicted octanol–water partition coefficient (Wildman–Crippen LogP) is 4.17. The summed E-state index contributed by atoms with van der Waals surface area (Å²) in [5.41, 5.74) is 2.17. The van der Waals surface area contributed by atoms with Gasteiger partial charge in [-0.3, -0.25) is 4.79 Å². The lowest BCUT2D eigenvalue weighted by Gasteiger charge is -2.09. The topological polar surface area (TPSA) is 72.8 Å². The Balaban J connectivity index is 1.71. The number of aromatic nitrogens is 4. The number of H-pyrrole nitrogens is 1. The van der Waals surface area contributed by atoms with Gasteiger partial charge in [-0.05, 0) is 29.8 Å². The Kier molecular flexibility index (Phi) is 5.00. The van der Waals surface area contributed by atoms with Gasteiger partial charge in [0.05, 0.1) is 13.3 Å². The van der Waals surface area contributed by atoms with Crippen molar-refractivity contribution < 1.29 is 4.74 Å². The van der Waals surface area contributed by atoms with Crippen LogP contribution in [0.2, 0.25) is 0 Å². The fourth-order valence-electron chi connectivity index (χ4n) is 2.68. The molecular weight excluding hydrogens is 428 g/mol. The van der Waals surface area contributed by atoms with E-state index >= 15 is 0 Å². The molecule has 2 heterocycles. The van der Waals surface area contributed by atoms with Crippen molar-refractivity contribution in [3.63, 3.8) is 0 Å². The maximum Gasteiger partial charge on any atom is 0.262 e. The molecule has 0 atom stereocenters. The maximum absolute atomic E-state index is 12.5. The van der Waals surface area contributed by atoms with Crippen LogP contribution in [0.4, 0.5) is 0 Å². The molecular formula is C19H15BrN4O2S. The summed E-state index contributed by atoms with van der Waals surface area (Å²) in [6.45, 7) is 0. The number of halogens is 1. The van der Waals surface area contributed by atoms with E-state index in [9.17, 15) is 4.79 Å². The molecule has 0 saturated carbocycles. The van der Waals surface area contributed by atoms with Gasteiger partial charge in [-0.1, -0.05) is 52.0 Å². The molecule has 0 aliphatic rings. The Morgan fingerprint density at radius 3 is 2.74 bits per heavy atom. The van der Waals surface area contributed by atoms with Crippen molar-refractivity contribution in [2.45, 2.75) is 10.9 Å². The Morgan fingerprint density at radius 1 is 1.19 bits per heavy atom. The van der Waals surface area contributed by atoms with Gasteiger partial charge in [-0.25, -0.2) is 9.67 Å². The van der Waals surface area contributed by atoms with Gasteiger partial charge >= 0.3 is 0 Å². The number of fused-ring (bicyclic) bond motifs is 1. The standard InChI is InChI=1S/C19H15BrN4O2S/c1-26-16-5-3-2-4-15(16)24-17-14(10-21-24)18(25)23-19(22-17)27-11-12-6-8-13(20)9-7-12/h2-10H,11H2,1H3,(H,22,23,25). The fourth-order valence-corrected chi connectivity index (χ4v) is 3.76. The first-order valence-corrected chi connectivity index (χ1v) is 9.92. The summed E-state index contributed by atoms with van der Waals surface area (Å²) in [6, 6.07) is 15.6. The lowest BCUT2D eigenvalue weighted by Crippen LogP contribution is -2.10. The van der Waals surface area contributed by atoms with Gasteiger partial charge in [0.1, 0.15) is 16.8 Å². The number of hydrogen-bond donors (Lipinski definition) is 1. The molecule has 0 radical (unpaired) electrons. The summed E-state index contributed by atoms with van der Waals surface area (Å²) in [7, 11) is 1.60. The number of rotatable bonds is 5. The number of nitrogens with zero attached hydrogens (tertiary/aromatic N) is 3. The van der Waals surface area contributed by atoms with Crippen molar-refractivity contribution in [2.75, 3.05) is 7.11 Å². The highest BCUT2D eigenvalue weighted by atomic mass is 79.9. The highest BCUT2D eigenvalue weighted by Gasteiger charge is 2.14. The SMILES string of the molecule is COc1ccccc1-n1ncc2c(=O)[nH]c(SCc3ccc(Br)cc3)nc21. The first-order valence-electron chi connectivity index (χ1n) is 8.14. The van der Waals surface area contributed by atoms with Gasteiger partial charge < -0.3 is 9.72 Å². The molecule has 8 heteroatoms. The van der Waals surface area contributed by atoms with Crippen molar-refractivity contribution >= 4 is 38.7 Å². The van der Waals surface area contributed by atoms with E-state index in [-0.39, 0.29) is 5.56 Å². The number of ether oxygens (including phenoxy) is 1. The smallest absolute Gasteiger partial charge is 0.262 e. The minimum absolute atomic E-state index is 0.209. The van der Waals surface area contributed by atoms with E-state index in [0.717, 1.165) is 15.7 Å². The van der Waals surface area contributed by atoms with E-state index in [1.54, 1.807) is 11.8 Å². The van der Waals surface area contributed by atoms with E-state index in [1.807, 2.05) is 48.5 Å². The molecule has 4 aromatic rings. The Morgan fingerprint density at radius 2 is 1.96 bits per heavy atom. The largest absolute Gasteiger partial charge is 0.494 e. The van der Waals surface area contributed by atoms with Gasteiger partial charge in [0.25, 0.3) is 5.56 Å². The highest BCUT2D eigenvalue weighted by Crippen LogP contribution is 2.26. The summed E-state index contributed by atoms with van der Waals surface area (Å²) in [5, 5.41) is 5.33. The molecule has 0 bridgehead atoms. The van der Waals surface area contributed by atoms with Crippen molar-refractivity contribution in [1.29, 1.82) is 0 Å². The zero-order valence-electron chi connectivity index (χ0n) is 14.3. The normalized spacial score (nSPS) is 11.0. The predicted molar refractivity (Wildman–Crippen MR) is 110 cm³/mol. The van der Waals surface area contributed by atoms with E-state index in [1.165, 1.54) is 18.0 Å². The number of benzene rings is 2. The Labute approximate surface area is 167 Å². The minimum Gasteiger partial charge on any atom is -0.494 e. The van der Waals surface area contributed by atoms with Crippen LogP contribution in [-0.2, 0) is 5.75 Å². The van der Waals surface area contributed by atoms with Gasteiger partial charge in [0.15, 0.2) is 10.8 Å². The van der Waals surface area contributed by atoms with Crippen LogP contribution in [0.5, 0.6) is 5.75 Å². The van der Waals surface area contributed by atoms with Crippen molar-refractivity contribution in [3.8, 4) is 11.4 Å². The van der Waals surface area contributed by atoms with E-state index in [0.29, 0.717) is 27.7 Å². The lowest BCUT2D eigenvalue weighted by molar-refractivity contribution is 0.412. The molecule has 0 saturated heterocycles.